The lowest BCUT2D eigenvalue weighted by atomic mass is 10.1. The lowest BCUT2D eigenvalue weighted by Crippen LogP contribution is -2.37. The molecule has 1 aromatic carbocycles. The molecule has 3 aromatic rings. The highest BCUT2D eigenvalue weighted by Gasteiger charge is 2.31. The number of anilines is 1. The molecule has 0 fully saturated rings. The average Bonchev–Trinajstić information content (AvgIpc) is 3.48. The third-order valence-corrected chi connectivity index (χ3v) is 6.94. The van der Waals surface area contributed by atoms with Crippen LogP contribution in [0.4, 0.5) is 5.69 Å². The molecule has 0 saturated heterocycles. The van der Waals surface area contributed by atoms with Crippen LogP contribution in [0.25, 0.3) is 0 Å². The number of carbonyl (C=O) groups excluding carboxylic acids is 3. The average molecular weight is 543 g/mol. The van der Waals surface area contributed by atoms with E-state index in [2.05, 4.69) is 26.3 Å². The van der Waals surface area contributed by atoms with Gasteiger partial charge in [-0.2, -0.15) is 10.1 Å². The van der Waals surface area contributed by atoms with E-state index in [0.717, 1.165) is 17.0 Å². The minimum Gasteiger partial charge on any atom is -0.346 e. The summed E-state index contributed by atoms with van der Waals surface area (Å²) in [7, 11) is 0. The lowest BCUT2D eigenvalue weighted by molar-refractivity contribution is -0.114. The van der Waals surface area contributed by atoms with E-state index in [-0.39, 0.29) is 18.4 Å². The SMILES string of the molecule is CC1=NN(c2ccc(Cl)c(Cl)c2)C(=O)/C1=C(/C)NNC(=O)c1ccc(C(=O)NCc2ccccn2)s1. The largest absolute Gasteiger partial charge is 0.346 e. The maximum atomic E-state index is 13.0. The van der Waals surface area contributed by atoms with E-state index in [4.69, 9.17) is 23.2 Å². The van der Waals surface area contributed by atoms with Crippen molar-refractivity contribution >= 4 is 63.7 Å². The Balaban J connectivity index is 1.37. The van der Waals surface area contributed by atoms with Gasteiger partial charge in [0.2, 0.25) is 0 Å². The normalized spacial score (nSPS) is 14.4. The number of hydrazine groups is 1. The molecule has 0 spiro atoms. The summed E-state index contributed by atoms with van der Waals surface area (Å²) in [6, 6.07) is 13.3. The number of hydrogen-bond acceptors (Lipinski definition) is 7. The summed E-state index contributed by atoms with van der Waals surface area (Å²) >= 11 is 13.1. The van der Waals surface area contributed by atoms with Gasteiger partial charge in [-0.3, -0.25) is 24.8 Å². The Kier molecular flexibility index (Phi) is 7.68. The number of nitrogens with one attached hydrogen (secondary N) is 3. The first kappa shape index (κ1) is 25.4. The minimum atomic E-state index is -0.454. The number of hydrazone groups is 1. The van der Waals surface area contributed by atoms with Gasteiger partial charge in [0, 0.05) is 11.9 Å². The van der Waals surface area contributed by atoms with E-state index in [1.165, 1.54) is 5.01 Å². The Hall–Kier alpha value is -3.73. The lowest BCUT2D eigenvalue weighted by Gasteiger charge is -2.14. The standard InChI is InChI=1S/C24H20Cl2N6O3S/c1-13(21-14(2)31-32(24(21)35)16-6-7-17(25)18(26)11-16)29-30-23(34)20-9-8-19(36-20)22(33)28-12-15-5-3-4-10-27-15/h3-11,29H,12H2,1-2H3,(H,28,33)(H,30,34)/b21-13-. The third-order valence-electron chi connectivity index (χ3n) is 5.11. The molecule has 3 heterocycles. The van der Waals surface area contributed by atoms with Gasteiger partial charge < -0.3 is 10.7 Å². The molecule has 0 aliphatic carbocycles. The first-order valence-electron chi connectivity index (χ1n) is 10.6. The van der Waals surface area contributed by atoms with Crippen LogP contribution in [0.1, 0.15) is 38.9 Å². The number of aromatic nitrogens is 1. The molecule has 1 aliphatic rings. The number of benzene rings is 1. The van der Waals surface area contributed by atoms with Gasteiger partial charge in [0.25, 0.3) is 17.7 Å². The second kappa shape index (κ2) is 10.9. The smallest absolute Gasteiger partial charge is 0.282 e. The summed E-state index contributed by atoms with van der Waals surface area (Å²) in [6.07, 6.45) is 1.65. The van der Waals surface area contributed by atoms with E-state index in [9.17, 15) is 14.4 Å². The van der Waals surface area contributed by atoms with Gasteiger partial charge in [0.15, 0.2) is 0 Å². The molecule has 0 unspecified atom stereocenters. The quantitative estimate of drug-likeness (QED) is 0.304. The molecule has 184 valence electrons. The first-order chi connectivity index (χ1) is 17.2. The fourth-order valence-electron chi connectivity index (χ4n) is 3.35. The molecule has 4 rings (SSSR count). The summed E-state index contributed by atoms with van der Waals surface area (Å²) in [5, 5.41) is 8.96. The van der Waals surface area contributed by atoms with Crippen LogP contribution in [0.2, 0.25) is 10.0 Å². The fraction of sp³-hybridized carbons (Fsp3) is 0.125. The molecular formula is C24H20Cl2N6O3S. The highest BCUT2D eigenvalue weighted by molar-refractivity contribution is 7.15. The van der Waals surface area contributed by atoms with Crippen LogP contribution in [0, 0.1) is 0 Å². The van der Waals surface area contributed by atoms with E-state index >= 15 is 0 Å². The highest BCUT2D eigenvalue weighted by Crippen LogP contribution is 2.30. The Labute approximate surface area is 220 Å². The molecular weight excluding hydrogens is 523 g/mol. The second-order valence-corrected chi connectivity index (χ2v) is 9.55. The number of allylic oxidation sites excluding steroid dienone is 1. The minimum absolute atomic E-state index is 0.279. The molecule has 0 saturated carbocycles. The Morgan fingerprint density at radius 3 is 2.44 bits per heavy atom. The molecule has 2 aromatic heterocycles. The monoisotopic (exact) mass is 542 g/mol. The van der Waals surface area contributed by atoms with E-state index in [1.807, 2.05) is 6.07 Å². The summed E-state index contributed by atoms with van der Waals surface area (Å²) in [4.78, 5) is 42.9. The highest BCUT2D eigenvalue weighted by atomic mass is 35.5. The molecule has 0 bridgehead atoms. The van der Waals surface area contributed by atoms with Crippen molar-refractivity contribution in [3.8, 4) is 0 Å². The molecule has 9 nitrogen and oxygen atoms in total. The Morgan fingerprint density at radius 1 is 1.00 bits per heavy atom. The van der Waals surface area contributed by atoms with Crippen molar-refractivity contribution in [3.63, 3.8) is 0 Å². The zero-order valence-electron chi connectivity index (χ0n) is 19.1. The van der Waals surface area contributed by atoms with Crippen LogP contribution in [0.3, 0.4) is 0 Å². The summed E-state index contributed by atoms with van der Waals surface area (Å²) in [5.74, 6) is -1.14. The topological polar surface area (TPSA) is 116 Å². The van der Waals surface area contributed by atoms with Crippen molar-refractivity contribution in [3.05, 3.63) is 91.5 Å². The van der Waals surface area contributed by atoms with Gasteiger partial charge in [0.05, 0.1) is 49.0 Å². The summed E-state index contributed by atoms with van der Waals surface area (Å²) < 4.78 is 0. The number of hydrogen-bond donors (Lipinski definition) is 3. The molecule has 0 atom stereocenters. The van der Waals surface area contributed by atoms with Crippen molar-refractivity contribution < 1.29 is 14.4 Å². The number of pyridine rings is 1. The molecule has 3 amide bonds. The van der Waals surface area contributed by atoms with Crippen molar-refractivity contribution in [2.45, 2.75) is 20.4 Å². The van der Waals surface area contributed by atoms with Gasteiger partial charge in [-0.05, 0) is 56.3 Å². The van der Waals surface area contributed by atoms with Gasteiger partial charge in [-0.1, -0.05) is 29.3 Å². The number of halogens is 2. The molecule has 3 N–H and O–H groups in total. The van der Waals surface area contributed by atoms with Crippen molar-refractivity contribution in [2.75, 3.05) is 5.01 Å². The number of thiophene rings is 1. The van der Waals surface area contributed by atoms with Crippen LogP contribution in [-0.2, 0) is 11.3 Å². The van der Waals surface area contributed by atoms with E-state index in [0.29, 0.717) is 42.5 Å². The Bertz CT molecular complexity index is 1400. The maximum absolute atomic E-state index is 13.0. The van der Waals surface area contributed by atoms with Gasteiger partial charge in [-0.25, -0.2) is 0 Å². The number of carbonyl (C=O) groups is 3. The fourth-order valence-corrected chi connectivity index (χ4v) is 4.46. The predicted molar refractivity (Wildman–Crippen MR) is 140 cm³/mol. The maximum Gasteiger partial charge on any atom is 0.282 e. The second-order valence-electron chi connectivity index (χ2n) is 7.65. The van der Waals surface area contributed by atoms with Crippen molar-refractivity contribution in [2.24, 2.45) is 5.10 Å². The Morgan fingerprint density at radius 2 is 1.75 bits per heavy atom. The summed E-state index contributed by atoms with van der Waals surface area (Å²) in [6.45, 7) is 3.62. The zero-order chi connectivity index (χ0) is 25.8. The molecule has 0 radical (unpaired) electrons. The number of amides is 3. The van der Waals surface area contributed by atoms with Crippen LogP contribution in [0.15, 0.2) is 71.1 Å². The van der Waals surface area contributed by atoms with Gasteiger partial charge in [0.1, 0.15) is 0 Å². The number of rotatable bonds is 7. The van der Waals surface area contributed by atoms with E-state index in [1.54, 1.807) is 62.5 Å². The van der Waals surface area contributed by atoms with Crippen LogP contribution < -0.4 is 21.2 Å². The third kappa shape index (κ3) is 5.56. The number of nitrogens with zero attached hydrogens (tertiary/aromatic N) is 3. The predicted octanol–water partition coefficient (Wildman–Crippen LogP) is 4.31. The first-order valence-corrected chi connectivity index (χ1v) is 12.2. The summed E-state index contributed by atoms with van der Waals surface area (Å²) in [5.41, 5.74) is 7.69. The zero-order valence-corrected chi connectivity index (χ0v) is 21.5. The van der Waals surface area contributed by atoms with Gasteiger partial charge >= 0.3 is 0 Å². The van der Waals surface area contributed by atoms with Crippen LogP contribution in [-0.4, -0.2) is 28.4 Å². The van der Waals surface area contributed by atoms with Crippen LogP contribution >= 0.6 is 34.5 Å². The van der Waals surface area contributed by atoms with Crippen molar-refractivity contribution in [1.82, 2.24) is 21.2 Å². The molecule has 36 heavy (non-hydrogen) atoms. The molecule has 1 aliphatic heterocycles. The van der Waals surface area contributed by atoms with Crippen molar-refractivity contribution in [1.29, 1.82) is 0 Å². The van der Waals surface area contributed by atoms with E-state index < -0.39 is 5.91 Å². The molecule has 12 heteroatoms. The van der Waals surface area contributed by atoms with Crippen LogP contribution in [0.5, 0.6) is 0 Å². The van der Waals surface area contributed by atoms with Gasteiger partial charge in [-0.15, -0.1) is 11.3 Å².